The molecule has 4 heteroatoms. The van der Waals surface area contributed by atoms with Crippen molar-refractivity contribution in [3.63, 3.8) is 0 Å². The highest BCUT2D eigenvalue weighted by atomic mass is 32.2. The van der Waals surface area contributed by atoms with Gasteiger partial charge in [-0.05, 0) is 31.0 Å². The van der Waals surface area contributed by atoms with E-state index < -0.39 is 0 Å². The normalized spacial score (nSPS) is 24.9. The highest BCUT2D eigenvalue weighted by molar-refractivity contribution is 7.99. The summed E-state index contributed by atoms with van der Waals surface area (Å²) in [6.07, 6.45) is 1.34. The molecule has 1 fully saturated rings. The maximum atomic E-state index is 13.5. The molecule has 0 bridgehead atoms. The van der Waals surface area contributed by atoms with E-state index in [1.165, 1.54) is 6.07 Å². The lowest BCUT2D eigenvalue weighted by atomic mass is 10.2. The van der Waals surface area contributed by atoms with E-state index in [2.05, 4.69) is 6.92 Å². The average molecular weight is 241 g/mol. The fraction of sp³-hybridized carbons (Fsp3) is 0.500. The lowest BCUT2D eigenvalue weighted by Crippen LogP contribution is -2.13. The van der Waals surface area contributed by atoms with Crippen molar-refractivity contribution in [3.8, 4) is 0 Å². The van der Waals surface area contributed by atoms with Crippen LogP contribution in [0.2, 0.25) is 0 Å². The van der Waals surface area contributed by atoms with Crippen molar-refractivity contribution in [3.05, 3.63) is 29.6 Å². The van der Waals surface area contributed by atoms with Gasteiger partial charge < -0.3 is 10.5 Å². The molecular formula is C12H16FNOS. The molecule has 1 heterocycles. The molecule has 2 atom stereocenters. The first-order valence-corrected chi connectivity index (χ1v) is 6.49. The summed E-state index contributed by atoms with van der Waals surface area (Å²) < 4.78 is 19.0. The Hall–Kier alpha value is -0.740. The number of rotatable bonds is 3. The molecule has 0 amide bonds. The maximum absolute atomic E-state index is 13.5. The van der Waals surface area contributed by atoms with Gasteiger partial charge in [0.05, 0.1) is 6.10 Å². The number of nitrogen functional groups attached to an aromatic ring is 1. The van der Waals surface area contributed by atoms with Gasteiger partial charge in [-0.15, -0.1) is 0 Å². The van der Waals surface area contributed by atoms with Crippen LogP contribution in [0.15, 0.2) is 18.2 Å². The van der Waals surface area contributed by atoms with Crippen LogP contribution in [0.25, 0.3) is 0 Å². The molecule has 2 unspecified atom stereocenters. The summed E-state index contributed by atoms with van der Waals surface area (Å²) in [7, 11) is 0. The summed E-state index contributed by atoms with van der Waals surface area (Å²) in [4.78, 5) is 0. The summed E-state index contributed by atoms with van der Waals surface area (Å²) in [6, 6.07) is 4.89. The predicted molar refractivity (Wildman–Crippen MR) is 65.9 cm³/mol. The smallest absolute Gasteiger partial charge is 0.129 e. The molecule has 2 nitrogen and oxygen atoms in total. The fourth-order valence-corrected chi connectivity index (χ4v) is 3.05. The van der Waals surface area contributed by atoms with Crippen LogP contribution in [0.5, 0.6) is 0 Å². The quantitative estimate of drug-likeness (QED) is 0.826. The van der Waals surface area contributed by atoms with Crippen molar-refractivity contribution < 1.29 is 9.13 Å². The number of hydrogen-bond donors (Lipinski definition) is 1. The van der Waals surface area contributed by atoms with Crippen LogP contribution < -0.4 is 5.73 Å². The lowest BCUT2D eigenvalue weighted by Gasteiger charge is -2.13. The number of nitrogens with two attached hydrogens (primary N) is 1. The van der Waals surface area contributed by atoms with Crippen LogP contribution >= 0.6 is 11.8 Å². The van der Waals surface area contributed by atoms with Gasteiger partial charge in [-0.1, -0.05) is 6.07 Å². The fourth-order valence-electron chi connectivity index (χ4n) is 1.81. The topological polar surface area (TPSA) is 35.2 Å². The Bertz CT molecular complexity index is 372. The van der Waals surface area contributed by atoms with Gasteiger partial charge in [0.25, 0.3) is 0 Å². The van der Waals surface area contributed by atoms with Gasteiger partial charge in [0.15, 0.2) is 0 Å². The van der Waals surface area contributed by atoms with E-state index in [-0.39, 0.29) is 11.9 Å². The van der Waals surface area contributed by atoms with Crippen LogP contribution in [-0.2, 0) is 10.5 Å². The van der Waals surface area contributed by atoms with E-state index in [1.807, 2.05) is 0 Å². The summed E-state index contributed by atoms with van der Waals surface area (Å²) in [5, 5.41) is 0.483. The van der Waals surface area contributed by atoms with E-state index in [0.29, 0.717) is 16.7 Å². The zero-order chi connectivity index (χ0) is 11.5. The van der Waals surface area contributed by atoms with Crippen molar-refractivity contribution in [2.24, 2.45) is 0 Å². The van der Waals surface area contributed by atoms with Gasteiger partial charge in [0.1, 0.15) is 5.82 Å². The van der Waals surface area contributed by atoms with E-state index in [0.717, 1.165) is 18.6 Å². The number of ether oxygens (including phenoxy) is 1. The van der Waals surface area contributed by atoms with Gasteiger partial charge in [-0.2, -0.15) is 11.8 Å². The molecule has 1 aromatic rings. The largest absolute Gasteiger partial charge is 0.399 e. The van der Waals surface area contributed by atoms with Gasteiger partial charge in [0, 0.05) is 23.3 Å². The van der Waals surface area contributed by atoms with Crippen molar-refractivity contribution in [1.82, 2.24) is 0 Å². The molecular weight excluding hydrogens is 225 g/mol. The Morgan fingerprint density at radius 1 is 1.56 bits per heavy atom. The predicted octanol–water partition coefficient (Wildman–Crippen LogP) is 2.82. The summed E-state index contributed by atoms with van der Waals surface area (Å²) in [5.74, 6) is 0.476. The molecule has 0 aliphatic carbocycles. The monoisotopic (exact) mass is 241 g/mol. The zero-order valence-corrected chi connectivity index (χ0v) is 10.1. The molecule has 2 N–H and O–H groups in total. The third kappa shape index (κ3) is 2.68. The van der Waals surface area contributed by atoms with E-state index in [9.17, 15) is 4.39 Å². The molecule has 0 saturated carbocycles. The second-order valence-electron chi connectivity index (χ2n) is 4.06. The molecule has 0 radical (unpaired) electrons. The van der Waals surface area contributed by atoms with Crippen LogP contribution in [0.1, 0.15) is 18.9 Å². The Labute approximate surface area is 99.4 Å². The Morgan fingerprint density at radius 2 is 2.38 bits per heavy atom. The van der Waals surface area contributed by atoms with Gasteiger partial charge in [-0.3, -0.25) is 0 Å². The number of anilines is 1. The molecule has 1 aliphatic heterocycles. The second kappa shape index (κ2) is 5.06. The molecule has 2 rings (SSSR count). The van der Waals surface area contributed by atoms with E-state index >= 15 is 0 Å². The molecule has 16 heavy (non-hydrogen) atoms. The highest BCUT2D eigenvalue weighted by Crippen LogP contribution is 2.29. The average Bonchev–Trinajstić information content (AvgIpc) is 2.63. The highest BCUT2D eigenvalue weighted by Gasteiger charge is 2.24. The summed E-state index contributed by atoms with van der Waals surface area (Å²) in [5.41, 5.74) is 6.70. The number of thioether (sulfide) groups is 1. The number of halogens is 1. The number of benzene rings is 1. The zero-order valence-electron chi connectivity index (χ0n) is 9.28. The first kappa shape index (κ1) is 11.7. The van der Waals surface area contributed by atoms with Crippen molar-refractivity contribution >= 4 is 17.4 Å². The van der Waals surface area contributed by atoms with E-state index in [4.69, 9.17) is 10.5 Å². The van der Waals surface area contributed by atoms with Crippen LogP contribution in [0.4, 0.5) is 10.1 Å². The number of hydrogen-bond acceptors (Lipinski definition) is 3. The summed E-state index contributed by atoms with van der Waals surface area (Å²) in [6.45, 7) is 2.90. The minimum Gasteiger partial charge on any atom is -0.399 e. The molecule has 1 aliphatic rings. The Balaban J connectivity index is 1.94. The first-order chi connectivity index (χ1) is 7.66. The van der Waals surface area contributed by atoms with Crippen LogP contribution in [-0.4, -0.2) is 18.0 Å². The molecule has 0 spiro atoms. The minimum atomic E-state index is -0.209. The van der Waals surface area contributed by atoms with E-state index in [1.54, 1.807) is 23.9 Å². The molecule has 1 aromatic carbocycles. The van der Waals surface area contributed by atoms with Gasteiger partial charge in [0.2, 0.25) is 0 Å². The molecule has 0 aromatic heterocycles. The van der Waals surface area contributed by atoms with Crippen molar-refractivity contribution in [2.45, 2.75) is 30.5 Å². The Morgan fingerprint density at radius 3 is 3.00 bits per heavy atom. The summed E-state index contributed by atoms with van der Waals surface area (Å²) >= 11 is 1.76. The third-order valence-corrected chi connectivity index (χ3v) is 4.36. The van der Waals surface area contributed by atoms with Crippen molar-refractivity contribution in [2.75, 3.05) is 12.3 Å². The lowest BCUT2D eigenvalue weighted by molar-refractivity contribution is 0.127. The molecule has 88 valence electrons. The van der Waals surface area contributed by atoms with Crippen molar-refractivity contribution in [1.29, 1.82) is 0 Å². The minimum absolute atomic E-state index is 0.209. The maximum Gasteiger partial charge on any atom is 0.129 e. The second-order valence-corrected chi connectivity index (χ2v) is 5.29. The Kier molecular flexibility index (Phi) is 3.71. The first-order valence-electron chi connectivity index (χ1n) is 5.44. The molecule has 1 saturated heterocycles. The van der Waals surface area contributed by atoms with Crippen LogP contribution in [0, 0.1) is 5.82 Å². The SMILES string of the molecule is CC1OCCC1SCc1ccc(N)cc1F. The standard InChI is InChI=1S/C12H16FNOS/c1-8-12(4-5-15-8)16-7-9-2-3-10(14)6-11(9)13/h2-3,6,8,12H,4-5,7,14H2,1H3. The third-order valence-electron chi connectivity index (χ3n) is 2.84. The van der Waals surface area contributed by atoms with Crippen LogP contribution in [0.3, 0.4) is 0 Å². The van der Waals surface area contributed by atoms with Gasteiger partial charge >= 0.3 is 0 Å². The van der Waals surface area contributed by atoms with Gasteiger partial charge in [-0.25, -0.2) is 4.39 Å².